The van der Waals surface area contributed by atoms with Gasteiger partial charge in [0.25, 0.3) is 0 Å². The predicted molar refractivity (Wildman–Crippen MR) is 134 cm³/mol. The van der Waals surface area contributed by atoms with Gasteiger partial charge >= 0.3 is 11.4 Å². The molecule has 6 heteroatoms. The topological polar surface area (TPSA) is 54.0 Å². The normalized spacial score (nSPS) is 13.6. The smallest absolute Gasteiger partial charge is 0.311 e. The van der Waals surface area contributed by atoms with Gasteiger partial charge in [-0.2, -0.15) is 4.21 Å². The van der Waals surface area contributed by atoms with Crippen molar-refractivity contribution in [2.24, 2.45) is 0 Å². The molecule has 34 heavy (non-hydrogen) atoms. The first-order chi connectivity index (χ1) is 16.6. The molecule has 4 aromatic rings. The molecule has 0 aliphatic rings. The fraction of sp³-hybridized carbons (Fsp3) is 0.143. The van der Waals surface area contributed by atoms with E-state index in [1.807, 2.05) is 109 Å². The molecular weight excluding hydrogens is 448 g/mol. The van der Waals surface area contributed by atoms with Crippen LogP contribution in [0.25, 0.3) is 22.3 Å². The van der Waals surface area contributed by atoms with Gasteiger partial charge in [-0.1, -0.05) is 84.9 Å². The maximum absolute atomic E-state index is 12.3. The van der Waals surface area contributed by atoms with Crippen LogP contribution in [0.3, 0.4) is 0 Å². The molecule has 0 aliphatic carbocycles. The van der Waals surface area contributed by atoms with Gasteiger partial charge in [0.2, 0.25) is 12.6 Å². The van der Waals surface area contributed by atoms with Crippen LogP contribution in [-0.4, -0.2) is 16.8 Å². The number of hydrogen-bond acceptors (Lipinski definition) is 5. The third-order valence-electron chi connectivity index (χ3n) is 4.91. The van der Waals surface area contributed by atoms with E-state index in [4.69, 9.17) is 17.8 Å². The van der Waals surface area contributed by atoms with E-state index in [0.29, 0.717) is 11.5 Å². The molecule has 0 N–H and O–H groups in total. The summed E-state index contributed by atoms with van der Waals surface area (Å²) in [5, 5.41) is 0. The second-order valence-electron chi connectivity index (χ2n) is 7.56. The minimum absolute atomic E-state index is 0.605. The van der Waals surface area contributed by atoms with Crippen molar-refractivity contribution in [3.05, 3.63) is 109 Å². The van der Waals surface area contributed by atoms with Gasteiger partial charge in [-0.15, -0.1) is 0 Å². The SMILES string of the molecule is CC(Oc1cccc(-c2ccccc2)c1)OS(=O)OC(C)Oc1cccc(-c2ccccc2)c1. The van der Waals surface area contributed by atoms with Gasteiger partial charge in [-0.05, 0) is 60.4 Å². The van der Waals surface area contributed by atoms with Crippen LogP contribution in [0.1, 0.15) is 13.8 Å². The van der Waals surface area contributed by atoms with E-state index in [1.54, 1.807) is 13.8 Å². The molecule has 0 fully saturated rings. The number of hydrogen-bond donors (Lipinski definition) is 0. The van der Waals surface area contributed by atoms with Gasteiger partial charge in [-0.25, -0.2) is 8.37 Å². The molecule has 0 amide bonds. The maximum Gasteiger partial charge on any atom is 0.311 e. The molecule has 0 aromatic heterocycles. The van der Waals surface area contributed by atoms with Crippen LogP contribution >= 0.6 is 0 Å². The molecule has 2 unspecified atom stereocenters. The van der Waals surface area contributed by atoms with Gasteiger partial charge in [-0.3, -0.25) is 0 Å². The Hall–Kier alpha value is -3.45. The highest BCUT2D eigenvalue weighted by molar-refractivity contribution is 7.75. The summed E-state index contributed by atoms with van der Waals surface area (Å²) in [5.74, 6) is 1.21. The summed E-state index contributed by atoms with van der Waals surface area (Å²) in [6.07, 6.45) is -1.58. The highest BCUT2D eigenvalue weighted by atomic mass is 32.2. The first kappa shape index (κ1) is 23.7. The zero-order chi connectivity index (χ0) is 23.8. The van der Waals surface area contributed by atoms with E-state index in [-0.39, 0.29) is 0 Å². The second-order valence-corrected chi connectivity index (χ2v) is 8.35. The maximum atomic E-state index is 12.3. The van der Waals surface area contributed by atoms with E-state index in [2.05, 4.69) is 0 Å². The minimum atomic E-state index is -2.06. The molecule has 0 radical (unpaired) electrons. The minimum Gasteiger partial charge on any atom is -0.464 e. The standard InChI is InChI=1S/C28H26O5S/c1-21(30-27-17-9-15-25(19-27)23-11-5-3-6-12-23)32-34(29)33-22(2)31-28-18-10-16-26(20-28)24-13-7-4-8-14-24/h3-22H,1-2H3. The van der Waals surface area contributed by atoms with E-state index < -0.39 is 23.9 Å². The van der Waals surface area contributed by atoms with E-state index in [9.17, 15) is 4.21 Å². The monoisotopic (exact) mass is 474 g/mol. The van der Waals surface area contributed by atoms with Crippen molar-refractivity contribution in [1.82, 2.24) is 0 Å². The summed E-state index contributed by atoms with van der Waals surface area (Å²) >= 11 is -2.06. The number of benzene rings is 4. The Morgan fingerprint density at radius 2 is 0.912 bits per heavy atom. The van der Waals surface area contributed by atoms with Crippen molar-refractivity contribution in [2.75, 3.05) is 0 Å². The van der Waals surface area contributed by atoms with Crippen molar-refractivity contribution in [1.29, 1.82) is 0 Å². The van der Waals surface area contributed by atoms with Gasteiger partial charge in [0.05, 0.1) is 0 Å². The molecule has 0 saturated heterocycles. The lowest BCUT2D eigenvalue weighted by molar-refractivity contribution is -0.0127. The van der Waals surface area contributed by atoms with Gasteiger partial charge in [0.1, 0.15) is 11.5 Å². The summed E-state index contributed by atoms with van der Waals surface area (Å²) in [7, 11) is 0. The second kappa shape index (κ2) is 11.6. The predicted octanol–water partition coefficient (Wildman–Crippen LogP) is 6.78. The van der Waals surface area contributed by atoms with Crippen LogP contribution < -0.4 is 9.47 Å². The largest absolute Gasteiger partial charge is 0.464 e. The summed E-state index contributed by atoms with van der Waals surface area (Å²) in [5.41, 5.74) is 4.19. The van der Waals surface area contributed by atoms with Gasteiger partial charge in [0.15, 0.2) is 0 Å². The number of rotatable bonds is 10. The quantitative estimate of drug-likeness (QED) is 0.237. The highest BCUT2D eigenvalue weighted by Gasteiger charge is 2.16. The summed E-state index contributed by atoms with van der Waals surface area (Å²) in [6, 6.07) is 35.2. The molecule has 174 valence electrons. The molecule has 0 bridgehead atoms. The summed E-state index contributed by atoms with van der Waals surface area (Å²) < 4.78 is 34.6. The number of ether oxygens (including phenoxy) is 2. The molecule has 0 aliphatic heterocycles. The summed E-state index contributed by atoms with van der Waals surface area (Å²) in [6.45, 7) is 3.32. The average Bonchev–Trinajstić information content (AvgIpc) is 2.85. The van der Waals surface area contributed by atoms with Gasteiger partial charge in [0, 0.05) is 0 Å². The highest BCUT2D eigenvalue weighted by Crippen LogP contribution is 2.26. The first-order valence-corrected chi connectivity index (χ1v) is 12.0. The third-order valence-corrected chi connectivity index (χ3v) is 5.77. The Bertz CT molecular complexity index is 1120. The summed E-state index contributed by atoms with van der Waals surface area (Å²) in [4.78, 5) is 0. The lowest BCUT2D eigenvalue weighted by Gasteiger charge is -2.18. The van der Waals surface area contributed by atoms with Crippen molar-refractivity contribution in [2.45, 2.75) is 26.4 Å². The lowest BCUT2D eigenvalue weighted by atomic mass is 10.1. The van der Waals surface area contributed by atoms with Crippen LogP contribution in [0.2, 0.25) is 0 Å². The molecule has 4 aromatic carbocycles. The third kappa shape index (κ3) is 6.78. The van der Waals surface area contributed by atoms with Crippen LogP contribution in [0.4, 0.5) is 0 Å². The molecule has 0 saturated carbocycles. The molecule has 2 atom stereocenters. The van der Waals surface area contributed by atoms with Crippen LogP contribution in [-0.2, 0) is 19.7 Å². The Morgan fingerprint density at radius 3 is 1.32 bits per heavy atom. The fourth-order valence-corrected chi connectivity index (χ4v) is 3.99. The Kier molecular flexibility index (Phi) is 8.09. The van der Waals surface area contributed by atoms with Gasteiger partial charge < -0.3 is 9.47 Å². The average molecular weight is 475 g/mol. The van der Waals surface area contributed by atoms with E-state index in [0.717, 1.165) is 22.3 Å². The van der Waals surface area contributed by atoms with Crippen LogP contribution in [0.5, 0.6) is 11.5 Å². The van der Waals surface area contributed by atoms with Crippen molar-refractivity contribution in [3.63, 3.8) is 0 Å². The van der Waals surface area contributed by atoms with E-state index >= 15 is 0 Å². The first-order valence-electron chi connectivity index (χ1n) is 11.0. The van der Waals surface area contributed by atoms with Crippen molar-refractivity contribution in [3.8, 4) is 33.8 Å². The van der Waals surface area contributed by atoms with Crippen LogP contribution in [0.15, 0.2) is 109 Å². The molecule has 5 nitrogen and oxygen atoms in total. The molecular formula is C28H26O5S. The Morgan fingerprint density at radius 1 is 0.529 bits per heavy atom. The van der Waals surface area contributed by atoms with Crippen molar-refractivity contribution < 1.29 is 22.0 Å². The zero-order valence-electron chi connectivity index (χ0n) is 19.0. The van der Waals surface area contributed by atoms with E-state index in [1.165, 1.54) is 0 Å². The lowest BCUT2D eigenvalue weighted by Crippen LogP contribution is -2.24. The molecule has 0 heterocycles. The Balaban J connectivity index is 1.29. The van der Waals surface area contributed by atoms with Crippen LogP contribution in [0, 0.1) is 0 Å². The fourth-order valence-electron chi connectivity index (χ4n) is 3.43. The zero-order valence-corrected chi connectivity index (χ0v) is 19.8. The molecule has 4 rings (SSSR count). The Labute approximate surface area is 202 Å². The van der Waals surface area contributed by atoms with Crippen molar-refractivity contribution >= 4 is 11.4 Å². The molecule has 0 spiro atoms.